The van der Waals surface area contributed by atoms with Crippen LogP contribution in [0.15, 0.2) is 52.9 Å². The first-order valence-corrected chi connectivity index (χ1v) is 9.34. The average molecular weight is 373 g/mol. The maximum Gasteiger partial charge on any atom is 0.416 e. The average Bonchev–Trinajstić information content (AvgIpc) is 3.24. The number of halogens is 3. The fraction of sp³-hybridized carbons (Fsp3) is 0.364. The molecule has 27 heavy (non-hydrogen) atoms. The van der Waals surface area contributed by atoms with Crippen molar-refractivity contribution in [3.05, 3.63) is 59.9 Å². The Morgan fingerprint density at radius 2 is 1.89 bits per heavy atom. The van der Waals surface area contributed by atoms with E-state index in [2.05, 4.69) is 11.8 Å². The number of hydrogen-bond acceptors (Lipinski definition) is 2. The molecule has 0 bridgehead atoms. The number of benzene rings is 2. The van der Waals surface area contributed by atoms with Crippen molar-refractivity contribution in [2.24, 2.45) is 0 Å². The van der Waals surface area contributed by atoms with Gasteiger partial charge in [0.2, 0.25) is 0 Å². The Balaban J connectivity index is 1.56. The normalized spacial score (nSPS) is 18.4. The van der Waals surface area contributed by atoms with Crippen LogP contribution in [0, 0.1) is 0 Å². The first-order chi connectivity index (χ1) is 12.9. The van der Waals surface area contributed by atoms with E-state index in [-0.39, 0.29) is 0 Å². The largest absolute Gasteiger partial charge is 0.461 e. The molecule has 1 fully saturated rings. The minimum absolute atomic E-state index is 0.556. The number of furan rings is 1. The molecule has 3 aromatic rings. The molecule has 0 unspecified atom stereocenters. The summed E-state index contributed by atoms with van der Waals surface area (Å²) < 4.78 is 44.8. The molecule has 1 atom stereocenters. The van der Waals surface area contributed by atoms with E-state index in [1.807, 2.05) is 24.3 Å². The first-order valence-electron chi connectivity index (χ1n) is 9.34. The van der Waals surface area contributed by atoms with E-state index in [1.165, 1.54) is 25.0 Å². The van der Waals surface area contributed by atoms with E-state index in [1.54, 1.807) is 6.07 Å². The van der Waals surface area contributed by atoms with Crippen molar-refractivity contribution in [3.8, 4) is 11.1 Å². The molecule has 0 spiro atoms. The molecule has 5 heteroatoms. The number of rotatable bonds is 4. The van der Waals surface area contributed by atoms with Crippen LogP contribution in [0.25, 0.3) is 22.1 Å². The third kappa shape index (κ3) is 3.88. The Bertz CT molecular complexity index is 944. The summed E-state index contributed by atoms with van der Waals surface area (Å²) in [6.07, 6.45) is -0.990. The van der Waals surface area contributed by atoms with Gasteiger partial charge in [0.25, 0.3) is 0 Å². The Hall–Kier alpha value is -2.27. The first kappa shape index (κ1) is 18.1. The molecule has 142 valence electrons. The highest BCUT2D eigenvalue weighted by atomic mass is 19.4. The number of nitrogens with zero attached hydrogens (tertiary/aromatic N) is 1. The van der Waals surface area contributed by atoms with E-state index >= 15 is 0 Å². The standard InChI is InChI=1S/C22H22F3NO/c1-15-4-3-10-26(15)11-9-20-14-18-12-17(7-8-21(18)27-20)16-5-2-6-19(13-16)22(23,24)25/h2,5-8,12-15H,3-4,9-11H2,1H3/t15-/m1/s1. The van der Waals surface area contributed by atoms with E-state index in [4.69, 9.17) is 4.42 Å². The van der Waals surface area contributed by atoms with Crippen molar-refractivity contribution in [2.45, 2.75) is 38.4 Å². The second-order valence-electron chi connectivity index (χ2n) is 7.32. The van der Waals surface area contributed by atoms with Gasteiger partial charge in [-0.3, -0.25) is 0 Å². The van der Waals surface area contributed by atoms with Crippen LogP contribution in [-0.4, -0.2) is 24.0 Å². The number of hydrogen-bond donors (Lipinski definition) is 0. The zero-order chi connectivity index (χ0) is 19.0. The monoisotopic (exact) mass is 373 g/mol. The van der Waals surface area contributed by atoms with Crippen LogP contribution in [0.3, 0.4) is 0 Å². The number of alkyl halides is 3. The predicted molar refractivity (Wildman–Crippen MR) is 101 cm³/mol. The summed E-state index contributed by atoms with van der Waals surface area (Å²) in [7, 11) is 0. The fourth-order valence-corrected chi connectivity index (χ4v) is 3.85. The highest BCUT2D eigenvalue weighted by Gasteiger charge is 2.30. The van der Waals surface area contributed by atoms with Gasteiger partial charge in [0, 0.05) is 24.4 Å². The maximum absolute atomic E-state index is 13.0. The predicted octanol–water partition coefficient (Wildman–Crippen LogP) is 6.15. The lowest BCUT2D eigenvalue weighted by Gasteiger charge is -2.19. The molecule has 2 heterocycles. The molecule has 1 aliphatic rings. The van der Waals surface area contributed by atoms with E-state index in [9.17, 15) is 13.2 Å². The molecule has 2 aromatic carbocycles. The summed E-state index contributed by atoms with van der Waals surface area (Å²) in [6.45, 7) is 4.37. The van der Waals surface area contributed by atoms with Crippen LogP contribution in [0.4, 0.5) is 13.2 Å². The van der Waals surface area contributed by atoms with Gasteiger partial charge in [0.1, 0.15) is 11.3 Å². The quantitative estimate of drug-likeness (QED) is 0.546. The molecule has 0 radical (unpaired) electrons. The van der Waals surface area contributed by atoms with E-state index < -0.39 is 11.7 Å². The molecular formula is C22H22F3NO. The Labute approximate surface area is 156 Å². The van der Waals surface area contributed by atoms with Crippen LogP contribution in [0.2, 0.25) is 0 Å². The topological polar surface area (TPSA) is 16.4 Å². The van der Waals surface area contributed by atoms with Crippen LogP contribution < -0.4 is 0 Å². The van der Waals surface area contributed by atoms with Gasteiger partial charge in [-0.15, -0.1) is 0 Å². The Morgan fingerprint density at radius 3 is 2.63 bits per heavy atom. The Morgan fingerprint density at radius 1 is 1.07 bits per heavy atom. The molecule has 2 nitrogen and oxygen atoms in total. The third-order valence-electron chi connectivity index (χ3n) is 5.43. The minimum Gasteiger partial charge on any atom is -0.461 e. The van der Waals surface area contributed by atoms with Crippen molar-refractivity contribution in [3.63, 3.8) is 0 Å². The van der Waals surface area contributed by atoms with Gasteiger partial charge in [-0.1, -0.05) is 18.2 Å². The van der Waals surface area contributed by atoms with Crippen LogP contribution >= 0.6 is 0 Å². The van der Waals surface area contributed by atoms with Gasteiger partial charge in [0.05, 0.1) is 5.56 Å². The smallest absolute Gasteiger partial charge is 0.416 e. The summed E-state index contributed by atoms with van der Waals surface area (Å²) in [5.41, 5.74) is 1.46. The second-order valence-corrected chi connectivity index (χ2v) is 7.32. The maximum atomic E-state index is 13.0. The van der Waals surface area contributed by atoms with Crippen LogP contribution in [-0.2, 0) is 12.6 Å². The molecule has 1 aromatic heterocycles. The van der Waals surface area contributed by atoms with Crippen molar-refractivity contribution in [2.75, 3.05) is 13.1 Å². The summed E-state index contributed by atoms with van der Waals surface area (Å²) in [4.78, 5) is 2.47. The minimum atomic E-state index is -4.34. The molecule has 4 rings (SSSR count). The van der Waals surface area contributed by atoms with Gasteiger partial charge < -0.3 is 9.32 Å². The second kappa shape index (κ2) is 7.04. The molecule has 0 amide bonds. The van der Waals surface area contributed by atoms with Gasteiger partial charge in [0.15, 0.2) is 0 Å². The van der Waals surface area contributed by atoms with Gasteiger partial charge >= 0.3 is 6.18 Å². The highest BCUT2D eigenvalue weighted by molar-refractivity contribution is 5.84. The third-order valence-corrected chi connectivity index (χ3v) is 5.43. The lowest BCUT2D eigenvalue weighted by molar-refractivity contribution is -0.137. The summed E-state index contributed by atoms with van der Waals surface area (Å²) in [5, 5.41) is 0.925. The van der Waals surface area contributed by atoms with Gasteiger partial charge in [-0.05, 0) is 67.8 Å². The van der Waals surface area contributed by atoms with Gasteiger partial charge in [-0.2, -0.15) is 13.2 Å². The molecule has 0 aliphatic carbocycles. The van der Waals surface area contributed by atoms with Gasteiger partial charge in [-0.25, -0.2) is 0 Å². The highest BCUT2D eigenvalue weighted by Crippen LogP contribution is 2.33. The summed E-state index contributed by atoms with van der Waals surface area (Å²) in [6, 6.07) is 13.6. The lowest BCUT2D eigenvalue weighted by Crippen LogP contribution is -2.28. The molecule has 0 N–H and O–H groups in total. The molecule has 1 aliphatic heterocycles. The van der Waals surface area contributed by atoms with Crippen LogP contribution in [0.1, 0.15) is 31.1 Å². The molecular weight excluding hydrogens is 351 g/mol. The lowest BCUT2D eigenvalue weighted by atomic mass is 10.0. The van der Waals surface area contributed by atoms with E-state index in [0.717, 1.165) is 47.9 Å². The van der Waals surface area contributed by atoms with E-state index in [0.29, 0.717) is 11.6 Å². The number of likely N-dealkylation sites (tertiary alicyclic amines) is 1. The Kier molecular flexibility index (Phi) is 4.72. The van der Waals surface area contributed by atoms with Crippen LogP contribution in [0.5, 0.6) is 0 Å². The van der Waals surface area contributed by atoms with Crippen molar-refractivity contribution >= 4 is 11.0 Å². The zero-order valence-electron chi connectivity index (χ0n) is 15.2. The SMILES string of the molecule is C[C@@H]1CCCN1CCc1cc2cc(-c3cccc(C(F)(F)F)c3)ccc2o1. The molecule has 1 saturated heterocycles. The van der Waals surface area contributed by atoms with Crippen molar-refractivity contribution in [1.29, 1.82) is 0 Å². The molecule has 0 saturated carbocycles. The fourth-order valence-electron chi connectivity index (χ4n) is 3.85. The zero-order valence-corrected chi connectivity index (χ0v) is 15.2. The van der Waals surface area contributed by atoms with Crippen molar-refractivity contribution < 1.29 is 17.6 Å². The number of fused-ring (bicyclic) bond motifs is 1. The summed E-state index contributed by atoms with van der Waals surface area (Å²) in [5.74, 6) is 0.922. The summed E-state index contributed by atoms with van der Waals surface area (Å²) >= 11 is 0. The van der Waals surface area contributed by atoms with Crippen molar-refractivity contribution in [1.82, 2.24) is 4.90 Å².